The Bertz CT molecular complexity index is 308. The predicted octanol–water partition coefficient (Wildman–Crippen LogP) is -2.18. The quantitative estimate of drug-likeness (QED) is 0.437. The smallest absolute Gasteiger partial charge is 0.246 e. The summed E-state index contributed by atoms with van der Waals surface area (Å²) in [5, 5.41) is 10.7. The Morgan fingerprint density at radius 1 is 1.50 bits per heavy atom. The molecular formula is C6H10N6O2. The molecule has 2 amide bonds. The summed E-state index contributed by atoms with van der Waals surface area (Å²) in [7, 11) is 0. The highest BCUT2D eigenvalue weighted by atomic mass is 16.2. The number of aromatic amines is 1. The van der Waals surface area contributed by atoms with Crippen molar-refractivity contribution < 1.29 is 9.59 Å². The van der Waals surface area contributed by atoms with E-state index in [9.17, 15) is 9.59 Å². The van der Waals surface area contributed by atoms with E-state index in [0.717, 1.165) is 0 Å². The maximum absolute atomic E-state index is 11.1. The van der Waals surface area contributed by atoms with Crippen molar-refractivity contribution in [1.82, 2.24) is 20.5 Å². The lowest BCUT2D eigenvalue weighted by atomic mass is 10.5. The molecule has 8 nitrogen and oxygen atoms in total. The molecule has 0 atom stereocenters. The molecule has 0 aliphatic rings. The lowest BCUT2D eigenvalue weighted by Gasteiger charge is -2.02. The van der Waals surface area contributed by atoms with E-state index in [1.165, 1.54) is 6.33 Å². The molecule has 76 valence electrons. The van der Waals surface area contributed by atoms with Crippen LogP contribution >= 0.6 is 0 Å². The number of hydrogen-bond donors (Lipinski definition) is 4. The van der Waals surface area contributed by atoms with Crippen LogP contribution in [0, 0.1) is 0 Å². The Morgan fingerprint density at radius 2 is 2.29 bits per heavy atom. The molecule has 5 N–H and O–H groups in total. The third-order valence-electron chi connectivity index (χ3n) is 1.30. The van der Waals surface area contributed by atoms with Crippen LogP contribution < -0.4 is 16.4 Å². The number of nitrogens with one attached hydrogen (secondary N) is 3. The van der Waals surface area contributed by atoms with Crippen LogP contribution in [0.5, 0.6) is 0 Å². The van der Waals surface area contributed by atoms with Crippen LogP contribution in [-0.2, 0) is 9.59 Å². The van der Waals surface area contributed by atoms with E-state index in [4.69, 9.17) is 5.73 Å². The first kappa shape index (κ1) is 10.1. The predicted molar refractivity (Wildman–Crippen MR) is 47.1 cm³/mol. The summed E-state index contributed by atoms with van der Waals surface area (Å²) in [6.45, 7) is -0.285. The van der Waals surface area contributed by atoms with Crippen molar-refractivity contribution in [3.8, 4) is 0 Å². The van der Waals surface area contributed by atoms with Crippen LogP contribution in [0.4, 0.5) is 5.95 Å². The van der Waals surface area contributed by atoms with Crippen LogP contribution in [-0.4, -0.2) is 40.1 Å². The molecule has 0 aliphatic carbocycles. The van der Waals surface area contributed by atoms with Gasteiger partial charge in [0.05, 0.1) is 13.1 Å². The van der Waals surface area contributed by atoms with Gasteiger partial charge in [-0.1, -0.05) is 0 Å². The zero-order valence-electron chi connectivity index (χ0n) is 7.28. The van der Waals surface area contributed by atoms with Crippen LogP contribution in [0.15, 0.2) is 6.33 Å². The molecule has 0 saturated heterocycles. The van der Waals surface area contributed by atoms with E-state index in [-0.39, 0.29) is 19.0 Å². The number of anilines is 1. The van der Waals surface area contributed by atoms with Gasteiger partial charge in [-0.2, -0.15) is 10.1 Å². The van der Waals surface area contributed by atoms with E-state index in [2.05, 4.69) is 25.8 Å². The van der Waals surface area contributed by atoms with Crippen molar-refractivity contribution in [2.24, 2.45) is 5.73 Å². The Balaban J connectivity index is 2.26. The van der Waals surface area contributed by atoms with Crippen LogP contribution in [0.25, 0.3) is 0 Å². The fraction of sp³-hybridized carbons (Fsp3) is 0.333. The second kappa shape index (κ2) is 4.92. The van der Waals surface area contributed by atoms with Crippen molar-refractivity contribution in [3.05, 3.63) is 6.33 Å². The highest BCUT2D eigenvalue weighted by molar-refractivity contribution is 5.93. The fourth-order valence-corrected chi connectivity index (χ4v) is 0.693. The van der Waals surface area contributed by atoms with Crippen molar-refractivity contribution in [1.29, 1.82) is 0 Å². The number of carbonyl (C=O) groups excluding carboxylic acids is 2. The lowest BCUT2D eigenvalue weighted by molar-refractivity contribution is -0.123. The van der Waals surface area contributed by atoms with E-state index in [1.54, 1.807) is 0 Å². The average Bonchev–Trinajstić information content (AvgIpc) is 2.66. The zero-order valence-corrected chi connectivity index (χ0v) is 7.28. The van der Waals surface area contributed by atoms with Gasteiger partial charge in [0.2, 0.25) is 17.8 Å². The zero-order chi connectivity index (χ0) is 10.4. The molecular weight excluding hydrogens is 188 g/mol. The van der Waals surface area contributed by atoms with Gasteiger partial charge >= 0.3 is 0 Å². The average molecular weight is 198 g/mol. The second-order valence-corrected chi connectivity index (χ2v) is 2.36. The van der Waals surface area contributed by atoms with Gasteiger partial charge in [0.15, 0.2) is 0 Å². The lowest BCUT2D eigenvalue weighted by Crippen LogP contribution is -2.36. The van der Waals surface area contributed by atoms with Gasteiger partial charge in [0.1, 0.15) is 6.33 Å². The van der Waals surface area contributed by atoms with Crippen LogP contribution in [0.3, 0.4) is 0 Å². The van der Waals surface area contributed by atoms with Gasteiger partial charge in [-0.05, 0) is 0 Å². The Kier molecular flexibility index (Phi) is 3.56. The molecule has 14 heavy (non-hydrogen) atoms. The first-order valence-corrected chi connectivity index (χ1v) is 3.84. The SMILES string of the molecule is NCC(=O)NCC(=O)Nc1ncn[nH]1. The summed E-state index contributed by atoms with van der Waals surface area (Å²) in [5.74, 6) is -0.557. The van der Waals surface area contributed by atoms with Crippen LogP contribution in [0.2, 0.25) is 0 Å². The third kappa shape index (κ3) is 3.19. The number of carbonyl (C=O) groups is 2. The summed E-state index contributed by atoms with van der Waals surface area (Å²) in [6, 6.07) is 0. The van der Waals surface area contributed by atoms with Gasteiger partial charge in [0.25, 0.3) is 0 Å². The molecule has 0 fully saturated rings. The minimum absolute atomic E-state index is 0.142. The highest BCUT2D eigenvalue weighted by Gasteiger charge is 2.05. The minimum atomic E-state index is -0.399. The van der Waals surface area contributed by atoms with Gasteiger partial charge in [-0.3, -0.25) is 14.9 Å². The minimum Gasteiger partial charge on any atom is -0.346 e. The summed E-state index contributed by atoms with van der Waals surface area (Å²) in [5.41, 5.74) is 5.02. The molecule has 0 unspecified atom stereocenters. The van der Waals surface area contributed by atoms with Crippen molar-refractivity contribution >= 4 is 17.8 Å². The Hall–Kier alpha value is -1.96. The van der Waals surface area contributed by atoms with Crippen molar-refractivity contribution in [2.75, 3.05) is 18.4 Å². The molecule has 0 saturated carbocycles. The first-order valence-electron chi connectivity index (χ1n) is 3.84. The van der Waals surface area contributed by atoms with E-state index >= 15 is 0 Å². The molecule has 0 aromatic carbocycles. The monoisotopic (exact) mass is 198 g/mol. The molecule has 1 rings (SSSR count). The largest absolute Gasteiger partial charge is 0.346 e. The third-order valence-corrected chi connectivity index (χ3v) is 1.30. The van der Waals surface area contributed by atoms with Gasteiger partial charge in [0, 0.05) is 0 Å². The number of hydrogen-bond acceptors (Lipinski definition) is 5. The Morgan fingerprint density at radius 3 is 2.86 bits per heavy atom. The first-order chi connectivity index (χ1) is 6.72. The molecule has 8 heteroatoms. The second-order valence-electron chi connectivity index (χ2n) is 2.36. The topological polar surface area (TPSA) is 126 Å². The molecule has 0 radical (unpaired) electrons. The van der Waals surface area contributed by atoms with E-state index in [0.29, 0.717) is 0 Å². The molecule has 0 bridgehead atoms. The number of amides is 2. The van der Waals surface area contributed by atoms with E-state index < -0.39 is 11.8 Å². The number of rotatable bonds is 4. The number of aromatic nitrogens is 3. The maximum Gasteiger partial charge on any atom is 0.246 e. The van der Waals surface area contributed by atoms with Gasteiger partial charge < -0.3 is 11.1 Å². The molecule has 1 heterocycles. The fourth-order valence-electron chi connectivity index (χ4n) is 0.693. The Labute approximate surface area is 79.3 Å². The summed E-state index contributed by atoms with van der Waals surface area (Å²) in [4.78, 5) is 25.4. The van der Waals surface area contributed by atoms with Crippen molar-refractivity contribution in [3.63, 3.8) is 0 Å². The van der Waals surface area contributed by atoms with Gasteiger partial charge in [-0.15, -0.1) is 0 Å². The van der Waals surface area contributed by atoms with E-state index in [1.807, 2.05) is 0 Å². The highest BCUT2D eigenvalue weighted by Crippen LogP contribution is 1.90. The maximum atomic E-state index is 11.1. The molecule has 1 aromatic rings. The van der Waals surface area contributed by atoms with Crippen molar-refractivity contribution in [2.45, 2.75) is 0 Å². The summed E-state index contributed by atoms with van der Waals surface area (Å²) < 4.78 is 0. The number of nitrogens with zero attached hydrogens (tertiary/aromatic N) is 2. The molecule has 0 aliphatic heterocycles. The van der Waals surface area contributed by atoms with Crippen LogP contribution in [0.1, 0.15) is 0 Å². The molecule has 1 aromatic heterocycles. The number of H-pyrrole nitrogens is 1. The number of nitrogens with two attached hydrogens (primary N) is 1. The molecule has 0 spiro atoms. The summed E-state index contributed by atoms with van der Waals surface area (Å²) >= 11 is 0. The summed E-state index contributed by atoms with van der Waals surface area (Å²) in [6.07, 6.45) is 1.26. The standard InChI is InChI=1S/C6H10N6O2/c7-1-4(13)8-2-5(14)11-6-9-3-10-12-6/h3H,1-2,7H2,(H,8,13)(H2,9,10,11,12,14). The normalized spacial score (nSPS) is 9.50. The van der Waals surface area contributed by atoms with Gasteiger partial charge in [-0.25, -0.2) is 5.10 Å².